The maximum absolute atomic E-state index is 12.3. The van der Waals surface area contributed by atoms with Gasteiger partial charge in [0.2, 0.25) is 11.6 Å². The van der Waals surface area contributed by atoms with E-state index >= 15 is 0 Å². The van der Waals surface area contributed by atoms with Crippen LogP contribution in [0.15, 0.2) is 47.0 Å². The van der Waals surface area contributed by atoms with Crippen molar-refractivity contribution in [3.63, 3.8) is 0 Å². The second kappa shape index (κ2) is 6.84. The van der Waals surface area contributed by atoms with Crippen LogP contribution in [0.2, 0.25) is 5.02 Å². The van der Waals surface area contributed by atoms with Gasteiger partial charge in [-0.3, -0.25) is 9.32 Å². The summed E-state index contributed by atoms with van der Waals surface area (Å²) in [5.41, 5.74) is 3.18. The zero-order valence-corrected chi connectivity index (χ0v) is 14.0. The van der Waals surface area contributed by atoms with Crippen molar-refractivity contribution >= 4 is 17.4 Å². The molecule has 0 unspecified atom stereocenters. The van der Waals surface area contributed by atoms with Gasteiger partial charge in [0.05, 0.1) is 5.02 Å². The third-order valence-corrected chi connectivity index (χ3v) is 3.87. The Labute approximate surface area is 144 Å². The SMILES string of the molecule is Cc1ccc(C)c(C(=O)COc2nc(-c3ccccc3Cl)no2)c1. The average Bonchev–Trinajstić information content (AvgIpc) is 3.04. The number of nitrogens with zero attached hydrogens (tertiary/aromatic N) is 2. The number of ketones is 1. The number of rotatable bonds is 5. The molecule has 0 N–H and O–H groups in total. The lowest BCUT2D eigenvalue weighted by Gasteiger charge is -2.05. The van der Waals surface area contributed by atoms with Gasteiger partial charge in [0.15, 0.2) is 6.61 Å². The molecule has 24 heavy (non-hydrogen) atoms. The number of halogens is 1. The van der Waals surface area contributed by atoms with Crippen molar-refractivity contribution in [2.24, 2.45) is 0 Å². The molecule has 0 atom stereocenters. The molecule has 0 saturated heterocycles. The molecule has 0 bridgehead atoms. The van der Waals surface area contributed by atoms with Crippen molar-refractivity contribution in [1.82, 2.24) is 10.1 Å². The fourth-order valence-electron chi connectivity index (χ4n) is 2.26. The Hall–Kier alpha value is -2.66. The minimum Gasteiger partial charge on any atom is -0.440 e. The molecule has 1 aromatic heterocycles. The molecule has 6 heteroatoms. The Morgan fingerprint density at radius 2 is 2.00 bits per heavy atom. The summed E-state index contributed by atoms with van der Waals surface area (Å²) in [6.45, 7) is 3.65. The van der Waals surface area contributed by atoms with E-state index < -0.39 is 0 Å². The van der Waals surface area contributed by atoms with Crippen molar-refractivity contribution in [3.8, 4) is 17.5 Å². The second-order valence-corrected chi connectivity index (χ2v) is 5.80. The van der Waals surface area contributed by atoms with Crippen LogP contribution in [0.25, 0.3) is 11.4 Å². The topological polar surface area (TPSA) is 65.2 Å². The molecule has 0 aliphatic carbocycles. The van der Waals surface area contributed by atoms with Crippen LogP contribution in [0, 0.1) is 13.8 Å². The van der Waals surface area contributed by atoms with E-state index in [2.05, 4.69) is 10.1 Å². The summed E-state index contributed by atoms with van der Waals surface area (Å²) in [4.78, 5) is 16.4. The lowest BCUT2D eigenvalue weighted by atomic mass is 10.0. The number of ether oxygens (including phenoxy) is 1. The van der Waals surface area contributed by atoms with Gasteiger partial charge in [0.1, 0.15) is 0 Å². The summed E-state index contributed by atoms with van der Waals surface area (Å²) in [5, 5.41) is 4.33. The highest BCUT2D eigenvalue weighted by atomic mass is 35.5. The van der Waals surface area contributed by atoms with Gasteiger partial charge in [0.25, 0.3) is 0 Å². The van der Waals surface area contributed by atoms with E-state index in [1.165, 1.54) is 0 Å². The summed E-state index contributed by atoms with van der Waals surface area (Å²) < 4.78 is 10.3. The molecular formula is C18H15ClN2O3. The molecule has 0 aliphatic rings. The predicted octanol–water partition coefficient (Wildman–Crippen LogP) is 4.27. The van der Waals surface area contributed by atoms with Gasteiger partial charge < -0.3 is 4.74 Å². The van der Waals surface area contributed by atoms with E-state index in [0.717, 1.165) is 11.1 Å². The van der Waals surface area contributed by atoms with Crippen LogP contribution in [-0.4, -0.2) is 22.5 Å². The normalized spacial score (nSPS) is 10.6. The molecular weight excluding hydrogens is 328 g/mol. The van der Waals surface area contributed by atoms with Crippen molar-refractivity contribution in [2.75, 3.05) is 6.61 Å². The third-order valence-electron chi connectivity index (χ3n) is 3.54. The summed E-state index contributed by atoms with van der Waals surface area (Å²) in [6.07, 6.45) is -0.0661. The van der Waals surface area contributed by atoms with E-state index in [9.17, 15) is 4.79 Å². The average molecular weight is 343 g/mol. The minimum absolute atomic E-state index is 0.0661. The number of aryl methyl sites for hydroxylation is 2. The number of carbonyl (C=O) groups is 1. The summed E-state index contributed by atoms with van der Waals surface area (Å²) in [7, 11) is 0. The number of aromatic nitrogens is 2. The number of carbonyl (C=O) groups excluding carboxylic acids is 1. The predicted molar refractivity (Wildman–Crippen MR) is 90.5 cm³/mol. The molecule has 0 radical (unpaired) electrons. The summed E-state index contributed by atoms with van der Waals surface area (Å²) in [5.74, 6) is 0.170. The fraction of sp³-hybridized carbons (Fsp3) is 0.167. The molecule has 122 valence electrons. The molecule has 0 aliphatic heterocycles. The van der Waals surface area contributed by atoms with Gasteiger partial charge in [0, 0.05) is 11.1 Å². The highest BCUT2D eigenvalue weighted by Crippen LogP contribution is 2.26. The van der Waals surface area contributed by atoms with Gasteiger partial charge >= 0.3 is 6.08 Å². The van der Waals surface area contributed by atoms with E-state index in [1.807, 2.05) is 44.2 Å². The van der Waals surface area contributed by atoms with Gasteiger partial charge in [-0.2, -0.15) is 4.98 Å². The fourth-order valence-corrected chi connectivity index (χ4v) is 2.48. The van der Waals surface area contributed by atoms with Crippen LogP contribution < -0.4 is 4.74 Å². The molecule has 3 aromatic rings. The Morgan fingerprint density at radius 1 is 1.21 bits per heavy atom. The van der Waals surface area contributed by atoms with Gasteiger partial charge in [-0.1, -0.05) is 46.6 Å². The van der Waals surface area contributed by atoms with E-state index in [4.69, 9.17) is 20.9 Å². The van der Waals surface area contributed by atoms with E-state index in [-0.39, 0.29) is 18.5 Å². The highest BCUT2D eigenvalue weighted by molar-refractivity contribution is 6.33. The first-order valence-electron chi connectivity index (χ1n) is 7.36. The van der Waals surface area contributed by atoms with Crippen LogP contribution in [0.1, 0.15) is 21.5 Å². The molecule has 0 saturated carbocycles. The van der Waals surface area contributed by atoms with Crippen LogP contribution >= 0.6 is 11.6 Å². The third kappa shape index (κ3) is 3.46. The zero-order chi connectivity index (χ0) is 17.1. The number of hydrogen-bond donors (Lipinski definition) is 0. The maximum atomic E-state index is 12.3. The van der Waals surface area contributed by atoms with Crippen molar-refractivity contribution in [3.05, 3.63) is 64.2 Å². The van der Waals surface area contributed by atoms with E-state index in [0.29, 0.717) is 22.0 Å². The Bertz CT molecular complexity index is 889. The van der Waals surface area contributed by atoms with Gasteiger partial charge in [-0.05, 0) is 37.6 Å². The lowest BCUT2D eigenvalue weighted by molar-refractivity contribution is 0.0884. The Kier molecular flexibility index (Phi) is 4.62. The molecule has 5 nitrogen and oxygen atoms in total. The molecule has 1 heterocycles. The first-order valence-corrected chi connectivity index (χ1v) is 7.74. The molecule has 0 fully saturated rings. The molecule has 0 amide bonds. The summed E-state index contributed by atoms with van der Waals surface area (Å²) >= 11 is 6.09. The smallest absolute Gasteiger partial charge is 0.418 e. The Balaban J connectivity index is 1.71. The van der Waals surface area contributed by atoms with Crippen molar-refractivity contribution in [2.45, 2.75) is 13.8 Å². The number of hydrogen-bond acceptors (Lipinski definition) is 5. The summed E-state index contributed by atoms with van der Waals surface area (Å²) in [6, 6.07) is 12.8. The van der Waals surface area contributed by atoms with Crippen LogP contribution in [-0.2, 0) is 0 Å². The second-order valence-electron chi connectivity index (χ2n) is 5.39. The van der Waals surface area contributed by atoms with Gasteiger partial charge in [-0.15, -0.1) is 0 Å². The van der Waals surface area contributed by atoms with E-state index in [1.54, 1.807) is 12.1 Å². The minimum atomic E-state index is -0.172. The van der Waals surface area contributed by atoms with Crippen molar-refractivity contribution in [1.29, 1.82) is 0 Å². The van der Waals surface area contributed by atoms with Crippen LogP contribution in [0.3, 0.4) is 0 Å². The molecule has 2 aromatic carbocycles. The maximum Gasteiger partial charge on any atom is 0.418 e. The van der Waals surface area contributed by atoms with Crippen LogP contribution in [0.5, 0.6) is 6.08 Å². The number of Topliss-reactive ketones (excluding diaryl/α,β-unsaturated/α-hetero) is 1. The Morgan fingerprint density at radius 3 is 2.79 bits per heavy atom. The number of benzene rings is 2. The zero-order valence-electron chi connectivity index (χ0n) is 13.2. The van der Waals surface area contributed by atoms with Crippen molar-refractivity contribution < 1.29 is 14.1 Å². The first-order chi connectivity index (χ1) is 11.5. The van der Waals surface area contributed by atoms with Gasteiger partial charge in [-0.25, -0.2) is 0 Å². The standard InChI is InChI=1S/C18H15ClN2O3/c1-11-7-8-12(2)14(9-11)16(22)10-23-18-20-17(21-24-18)13-5-3-4-6-15(13)19/h3-9H,10H2,1-2H3. The first kappa shape index (κ1) is 16.2. The monoisotopic (exact) mass is 342 g/mol. The lowest BCUT2D eigenvalue weighted by Crippen LogP contribution is -2.13. The largest absolute Gasteiger partial charge is 0.440 e. The molecule has 3 rings (SSSR count). The quantitative estimate of drug-likeness (QED) is 0.648. The highest BCUT2D eigenvalue weighted by Gasteiger charge is 2.15. The van der Waals surface area contributed by atoms with Crippen LogP contribution in [0.4, 0.5) is 0 Å². The molecule has 0 spiro atoms.